The van der Waals surface area contributed by atoms with Crippen molar-refractivity contribution in [1.29, 1.82) is 5.26 Å². The van der Waals surface area contributed by atoms with Crippen LogP contribution in [0.3, 0.4) is 0 Å². The van der Waals surface area contributed by atoms with Gasteiger partial charge in [0.1, 0.15) is 0 Å². The van der Waals surface area contributed by atoms with E-state index in [-0.39, 0.29) is 6.04 Å². The predicted octanol–water partition coefficient (Wildman–Crippen LogP) is 6.62. The number of halogens is 3. The number of nitriles is 1. The van der Waals surface area contributed by atoms with Crippen LogP contribution in [-0.4, -0.2) is 31.1 Å². The number of anilines is 1. The lowest BCUT2D eigenvalue weighted by atomic mass is 10.0. The molecule has 6 heteroatoms. The van der Waals surface area contributed by atoms with E-state index in [1.807, 2.05) is 48.5 Å². The number of piperazine rings is 1. The maximum atomic E-state index is 8.98. The van der Waals surface area contributed by atoms with Gasteiger partial charge in [-0.1, -0.05) is 59.1 Å². The highest BCUT2D eigenvalue weighted by Crippen LogP contribution is 2.36. The summed E-state index contributed by atoms with van der Waals surface area (Å²) in [6.45, 7) is 3.65. The van der Waals surface area contributed by atoms with Crippen LogP contribution in [-0.2, 0) is 6.42 Å². The van der Waals surface area contributed by atoms with Crippen molar-refractivity contribution in [3.05, 3.63) is 98.5 Å². The fourth-order valence-electron chi connectivity index (χ4n) is 4.05. The van der Waals surface area contributed by atoms with E-state index in [1.54, 1.807) is 6.07 Å². The summed E-state index contributed by atoms with van der Waals surface area (Å²) in [5.41, 5.74) is 4.14. The smallest absolute Gasteiger partial charge is 0.0991 e. The molecule has 4 rings (SSSR count). The zero-order valence-electron chi connectivity index (χ0n) is 16.9. The third-order valence-electron chi connectivity index (χ3n) is 5.74. The molecule has 1 aliphatic heterocycles. The molecule has 1 heterocycles. The molecule has 0 saturated carbocycles. The maximum absolute atomic E-state index is 8.98. The van der Waals surface area contributed by atoms with Gasteiger partial charge in [0.25, 0.3) is 0 Å². The van der Waals surface area contributed by atoms with Crippen LogP contribution in [0, 0.1) is 11.3 Å². The Hall–Kier alpha value is -2.22. The van der Waals surface area contributed by atoms with E-state index < -0.39 is 0 Å². The molecule has 31 heavy (non-hydrogen) atoms. The maximum Gasteiger partial charge on any atom is 0.0991 e. The van der Waals surface area contributed by atoms with Crippen molar-refractivity contribution in [3.63, 3.8) is 0 Å². The van der Waals surface area contributed by atoms with Crippen LogP contribution in [0.25, 0.3) is 0 Å². The molecule has 0 spiro atoms. The molecule has 0 N–H and O–H groups in total. The Labute approximate surface area is 198 Å². The van der Waals surface area contributed by atoms with Crippen molar-refractivity contribution in [1.82, 2.24) is 4.90 Å². The fraction of sp³-hybridized carbons (Fsp3) is 0.240. The summed E-state index contributed by atoms with van der Waals surface area (Å²) in [4.78, 5) is 4.85. The number of hydrogen-bond acceptors (Lipinski definition) is 3. The summed E-state index contributed by atoms with van der Waals surface area (Å²) >= 11 is 18.8. The summed E-state index contributed by atoms with van der Waals surface area (Å²) in [6.07, 6.45) is 0.945. The van der Waals surface area contributed by atoms with Crippen LogP contribution in [0.5, 0.6) is 0 Å². The second-order valence-electron chi connectivity index (χ2n) is 7.72. The van der Waals surface area contributed by atoms with Crippen LogP contribution < -0.4 is 4.90 Å². The third kappa shape index (κ3) is 5.34. The molecule has 158 valence electrons. The number of rotatable bonds is 5. The van der Waals surface area contributed by atoms with E-state index in [1.165, 1.54) is 11.1 Å². The molecular formula is C25H22Cl3N3. The molecule has 1 unspecified atom stereocenters. The predicted molar refractivity (Wildman–Crippen MR) is 129 cm³/mol. The summed E-state index contributed by atoms with van der Waals surface area (Å²) in [6, 6.07) is 23.9. The van der Waals surface area contributed by atoms with Gasteiger partial charge in [0, 0.05) is 36.2 Å². The quantitative estimate of drug-likeness (QED) is 0.419. The van der Waals surface area contributed by atoms with Crippen LogP contribution in [0.15, 0.2) is 66.7 Å². The molecule has 3 nitrogen and oxygen atoms in total. The Kier molecular flexibility index (Phi) is 7.05. The first-order valence-corrected chi connectivity index (χ1v) is 11.4. The van der Waals surface area contributed by atoms with Crippen LogP contribution in [0.4, 0.5) is 5.69 Å². The van der Waals surface area contributed by atoms with Crippen LogP contribution >= 0.6 is 34.8 Å². The SMILES string of the molecule is N#Cc1ccc(CCN2CCN(c3ccc(Cl)cc3Cl)C(c3ccc(Cl)cc3)C2)cc1. The van der Waals surface area contributed by atoms with E-state index in [4.69, 9.17) is 40.1 Å². The van der Waals surface area contributed by atoms with Crippen LogP contribution in [0.1, 0.15) is 22.7 Å². The van der Waals surface area contributed by atoms with E-state index in [2.05, 4.69) is 28.0 Å². The van der Waals surface area contributed by atoms with Gasteiger partial charge in [0.2, 0.25) is 0 Å². The Morgan fingerprint density at radius 1 is 0.871 bits per heavy atom. The third-order valence-corrected chi connectivity index (χ3v) is 6.53. The highest BCUT2D eigenvalue weighted by Gasteiger charge is 2.29. The fourth-order valence-corrected chi connectivity index (χ4v) is 4.69. The van der Waals surface area contributed by atoms with Gasteiger partial charge in [-0.05, 0) is 60.0 Å². The largest absolute Gasteiger partial charge is 0.361 e. The number of nitrogens with zero attached hydrogens (tertiary/aromatic N) is 3. The average Bonchev–Trinajstić information content (AvgIpc) is 2.79. The molecule has 0 aliphatic carbocycles. The summed E-state index contributed by atoms with van der Waals surface area (Å²) < 4.78 is 0. The molecule has 1 saturated heterocycles. The highest BCUT2D eigenvalue weighted by molar-refractivity contribution is 6.36. The minimum absolute atomic E-state index is 0.158. The van der Waals surface area contributed by atoms with Gasteiger partial charge in [0.05, 0.1) is 28.4 Å². The molecule has 0 radical (unpaired) electrons. The first kappa shape index (κ1) is 22.0. The highest BCUT2D eigenvalue weighted by atomic mass is 35.5. The molecule has 0 amide bonds. The molecule has 1 atom stereocenters. The van der Waals surface area contributed by atoms with Crippen molar-refractivity contribution in [2.75, 3.05) is 31.1 Å². The van der Waals surface area contributed by atoms with Gasteiger partial charge in [-0.15, -0.1) is 0 Å². The van der Waals surface area contributed by atoms with Gasteiger partial charge in [-0.3, -0.25) is 4.90 Å². The lowest BCUT2D eigenvalue weighted by Gasteiger charge is -2.43. The van der Waals surface area contributed by atoms with Gasteiger partial charge in [0.15, 0.2) is 0 Å². The standard InChI is InChI=1S/C25H22Cl3N3/c26-21-7-5-20(6-8-21)25-17-30(12-11-18-1-3-19(16-29)4-2-18)13-14-31(25)24-10-9-22(27)15-23(24)28/h1-10,15,25H,11-14,17H2. The Bertz CT molecular complexity index is 1070. The summed E-state index contributed by atoms with van der Waals surface area (Å²) in [5.74, 6) is 0. The Morgan fingerprint density at radius 3 is 2.26 bits per heavy atom. The minimum Gasteiger partial charge on any atom is -0.361 e. The molecule has 3 aromatic carbocycles. The summed E-state index contributed by atoms with van der Waals surface area (Å²) in [7, 11) is 0. The average molecular weight is 471 g/mol. The molecule has 1 fully saturated rings. The molecule has 1 aliphatic rings. The lowest BCUT2D eigenvalue weighted by Crippen LogP contribution is -2.49. The van der Waals surface area contributed by atoms with Crippen molar-refractivity contribution in [3.8, 4) is 6.07 Å². The van der Waals surface area contributed by atoms with Crippen molar-refractivity contribution < 1.29 is 0 Å². The Balaban J connectivity index is 1.53. The lowest BCUT2D eigenvalue weighted by molar-refractivity contribution is 0.226. The second kappa shape index (κ2) is 9.94. The van der Waals surface area contributed by atoms with Gasteiger partial charge in [-0.25, -0.2) is 0 Å². The van der Waals surface area contributed by atoms with E-state index in [0.717, 1.165) is 43.3 Å². The zero-order chi connectivity index (χ0) is 21.8. The normalized spacial score (nSPS) is 16.8. The molecule has 3 aromatic rings. The number of benzene rings is 3. The summed E-state index contributed by atoms with van der Waals surface area (Å²) in [5, 5.41) is 11.0. The van der Waals surface area contributed by atoms with E-state index >= 15 is 0 Å². The first-order chi connectivity index (χ1) is 15.0. The van der Waals surface area contributed by atoms with Crippen molar-refractivity contribution in [2.45, 2.75) is 12.5 Å². The number of hydrogen-bond donors (Lipinski definition) is 0. The minimum atomic E-state index is 0.158. The zero-order valence-corrected chi connectivity index (χ0v) is 19.2. The van der Waals surface area contributed by atoms with E-state index in [0.29, 0.717) is 15.6 Å². The monoisotopic (exact) mass is 469 g/mol. The van der Waals surface area contributed by atoms with E-state index in [9.17, 15) is 0 Å². The molecule has 0 aromatic heterocycles. The van der Waals surface area contributed by atoms with Gasteiger partial charge >= 0.3 is 0 Å². The second-order valence-corrected chi connectivity index (χ2v) is 9.00. The van der Waals surface area contributed by atoms with Crippen LogP contribution in [0.2, 0.25) is 15.1 Å². The van der Waals surface area contributed by atoms with Crippen molar-refractivity contribution in [2.24, 2.45) is 0 Å². The van der Waals surface area contributed by atoms with Crippen molar-refractivity contribution >= 4 is 40.5 Å². The van der Waals surface area contributed by atoms with Gasteiger partial charge < -0.3 is 4.90 Å². The molecule has 0 bridgehead atoms. The Morgan fingerprint density at radius 2 is 1.58 bits per heavy atom. The molecular weight excluding hydrogens is 449 g/mol. The topological polar surface area (TPSA) is 30.3 Å². The first-order valence-electron chi connectivity index (χ1n) is 10.2. The van der Waals surface area contributed by atoms with Gasteiger partial charge in [-0.2, -0.15) is 5.26 Å².